The Morgan fingerprint density at radius 3 is 3.10 bits per heavy atom. The van der Waals surface area contributed by atoms with Gasteiger partial charge < -0.3 is 4.90 Å². The molecule has 2 aromatic heterocycles. The van der Waals surface area contributed by atoms with Gasteiger partial charge in [-0.1, -0.05) is 17.8 Å². The molecular weight excluding hydrogens is 278 g/mol. The van der Waals surface area contributed by atoms with Crippen molar-refractivity contribution in [2.45, 2.75) is 6.42 Å². The Labute approximate surface area is 119 Å². The number of amides is 2. The summed E-state index contributed by atoms with van der Waals surface area (Å²) in [5, 5.41) is 10.6. The summed E-state index contributed by atoms with van der Waals surface area (Å²) in [4.78, 5) is 25.0. The molecule has 1 fully saturated rings. The van der Waals surface area contributed by atoms with E-state index in [0.29, 0.717) is 24.7 Å². The summed E-state index contributed by atoms with van der Waals surface area (Å²) in [6.07, 6.45) is 2.04. The van der Waals surface area contributed by atoms with Crippen LogP contribution in [0.3, 0.4) is 0 Å². The van der Waals surface area contributed by atoms with Gasteiger partial charge in [0.15, 0.2) is 5.65 Å². The third-order valence-corrected chi connectivity index (χ3v) is 3.91. The first-order chi connectivity index (χ1) is 9.74. The number of hydrogen-bond donors (Lipinski definition) is 1. The number of nitrogens with zero attached hydrogens (tertiary/aromatic N) is 4. The maximum Gasteiger partial charge on any atom is 0.281 e. The topological polar surface area (TPSA) is 79.6 Å². The minimum Gasteiger partial charge on any atom is -0.332 e. The van der Waals surface area contributed by atoms with Crippen molar-refractivity contribution in [3.63, 3.8) is 0 Å². The van der Waals surface area contributed by atoms with E-state index in [-0.39, 0.29) is 17.6 Å². The third-order valence-electron chi connectivity index (χ3n) is 3.02. The molecule has 3 heterocycles. The Bertz CT molecular complexity index is 656. The summed E-state index contributed by atoms with van der Waals surface area (Å²) in [6, 6.07) is 5.50. The Kier molecular flexibility index (Phi) is 3.55. The number of hydrogen-bond acceptors (Lipinski definition) is 5. The van der Waals surface area contributed by atoms with E-state index in [1.807, 2.05) is 18.2 Å². The second-order valence-electron chi connectivity index (χ2n) is 4.35. The van der Waals surface area contributed by atoms with Crippen LogP contribution in [0, 0.1) is 0 Å². The van der Waals surface area contributed by atoms with Crippen LogP contribution < -0.4 is 5.32 Å². The van der Waals surface area contributed by atoms with E-state index in [1.165, 1.54) is 11.8 Å². The van der Waals surface area contributed by atoms with Crippen LogP contribution in [-0.2, 0) is 4.79 Å². The molecule has 0 radical (unpaired) electrons. The van der Waals surface area contributed by atoms with E-state index in [0.717, 1.165) is 5.75 Å². The van der Waals surface area contributed by atoms with Crippen LogP contribution in [0.15, 0.2) is 24.4 Å². The SMILES string of the molecule is O=C(CCN1CCSC1=O)Nc1nnc2ccccn12. The molecule has 1 N–H and O–H groups in total. The molecule has 7 nitrogen and oxygen atoms in total. The average Bonchev–Trinajstić information content (AvgIpc) is 3.04. The zero-order valence-corrected chi connectivity index (χ0v) is 11.5. The summed E-state index contributed by atoms with van der Waals surface area (Å²) >= 11 is 1.29. The van der Waals surface area contributed by atoms with Crippen molar-refractivity contribution < 1.29 is 9.59 Å². The quantitative estimate of drug-likeness (QED) is 0.916. The number of carbonyl (C=O) groups is 2. The number of aromatic nitrogens is 3. The van der Waals surface area contributed by atoms with Crippen LogP contribution >= 0.6 is 11.8 Å². The average molecular weight is 291 g/mol. The minimum absolute atomic E-state index is 0.0470. The molecule has 0 bridgehead atoms. The van der Waals surface area contributed by atoms with Gasteiger partial charge in [-0.05, 0) is 12.1 Å². The predicted octanol–water partition coefficient (Wildman–Crippen LogP) is 1.23. The van der Waals surface area contributed by atoms with Crippen LogP contribution in [0.4, 0.5) is 10.7 Å². The lowest BCUT2D eigenvalue weighted by Crippen LogP contribution is -2.28. The standard InChI is InChI=1S/C12H13N5O2S/c18-10(4-6-16-7-8-20-12(16)19)13-11-15-14-9-3-1-2-5-17(9)11/h1-3,5H,4,6-8H2,(H,13,15,18). The number of thioether (sulfide) groups is 1. The largest absolute Gasteiger partial charge is 0.332 e. The fraction of sp³-hybridized carbons (Fsp3) is 0.333. The van der Waals surface area contributed by atoms with Gasteiger partial charge in [0.25, 0.3) is 5.24 Å². The predicted molar refractivity (Wildman–Crippen MR) is 75.7 cm³/mol. The lowest BCUT2D eigenvalue weighted by Gasteiger charge is -2.13. The summed E-state index contributed by atoms with van der Waals surface area (Å²) in [7, 11) is 0. The fourth-order valence-electron chi connectivity index (χ4n) is 1.98. The van der Waals surface area contributed by atoms with Crippen LogP contribution in [0.2, 0.25) is 0 Å². The molecule has 1 aliphatic rings. The Morgan fingerprint density at radius 1 is 1.40 bits per heavy atom. The van der Waals surface area contributed by atoms with Gasteiger partial charge in [-0.15, -0.1) is 10.2 Å². The molecule has 8 heteroatoms. The Morgan fingerprint density at radius 2 is 2.30 bits per heavy atom. The van der Waals surface area contributed by atoms with Gasteiger partial charge in [0.05, 0.1) is 0 Å². The number of fused-ring (bicyclic) bond motifs is 1. The van der Waals surface area contributed by atoms with E-state index in [4.69, 9.17) is 0 Å². The highest BCUT2D eigenvalue weighted by Gasteiger charge is 2.21. The van der Waals surface area contributed by atoms with Crippen molar-refractivity contribution in [1.29, 1.82) is 0 Å². The van der Waals surface area contributed by atoms with E-state index in [9.17, 15) is 9.59 Å². The molecule has 3 rings (SSSR count). The Balaban J connectivity index is 1.60. The molecule has 0 atom stereocenters. The molecule has 0 unspecified atom stereocenters. The van der Waals surface area contributed by atoms with E-state index in [1.54, 1.807) is 15.5 Å². The minimum atomic E-state index is -0.173. The Hall–Kier alpha value is -2.09. The molecule has 0 spiro atoms. The molecule has 2 aromatic rings. The smallest absolute Gasteiger partial charge is 0.281 e. The molecule has 104 valence electrons. The molecule has 20 heavy (non-hydrogen) atoms. The lowest BCUT2D eigenvalue weighted by atomic mass is 10.3. The number of carbonyl (C=O) groups excluding carboxylic acids is 2. The van der Waals surface area contributed by atoms with Crippen molar-refractivity contribution in [2.75, 3.05) is 24.2 Å². The monoisotopic (exact) mass is 291 g/mol. The summed E-state index contributed by atoms with van der Waals surface area (Å²) in [5.74, 6) is 1.02. The summed E-state index contributed by atoms with van der Waals surface area (Å²) < 4.78 is 1.70. The molecule has 0 aromatic carbocycles. The van der Waals surface area contributed by atoms with Crippen LogP contribution in [0.1, 0.15) is 6.42 Å². The van der Waals surface area contributed by atoms with Gasteiger partial charge in [0, 0.05) is 31.5 Å². The van der Waals surface area contributed by atoms with E-state index < -0.39 is 0 Å². The maximum absolute atomic E-state index is 11.9. The van der Waals surface area contributed by atoms with Gasteiger partial charge in [0.1, 0.15) is 0 Å². The van der Waals surface area contributed by atoms with Crippen LogP contribution in [0.25, 0.3) is 5.65 Å². The second-order valence-corrected chi connectivity index (χ2v) is 5.40. The molecule has 1 saturated heterocycles. The zero-order valence-electron chi connectivity index (χ0n) is 10.7. The van der Waals surface area contributed by atoms with Gasteiger partial charge in [-0.3, -0.25) is 19.3 Å². The highest BCUT2D eigenvalue weighted by Crippen LogP contribution is 2.17. The van der Waals surface area contributed by atoms with Crippen LogP contribution in [0.5, 0.6) is 0 Å². The van der Waals surface area contributed by atoms with Crippen molar-refractivity contribution in [1.82, 2.24) is 19.5 Å². The number of anilines is 1. The number of nitrogens with one attached hydrogen (secondary N) is 1. The van der Waals surface area contributed by atoms with Crippen molar-refractivity contribution in [3.8, 4) is 0 Å². The molecule has 2 amide bonds. The van der Waals surface area contributed by atoms with Gasteiger partial charge in [-0.25, -0.2) is 0 Å². The van der Waals surface area contributed by atoms with Gasteiger partial charge >= 0.3 is 0 Å². The molecule has 0 aliphatic carbocycles. The molecule has 0 saturated carbocycles. The van der Waals surface area contributed by atoms with Crippen molar-refractivity contribution in [3.05, 3.63) is 24.4 Å². The normalized spacial score (nSPS) is 15.0. The van der Waals surface area contributed by atoms with E-state index in [2.05, 4.69) is 15.5 Å². The first kappa shape index (κ1) is 12.9. The van der Waals surface area contributed by atoms with Gasteiger partial charge in [-0.2, -0.15) is 0 Å². The fourth-order valence-corrected chi connectivity index (χ4v) is 2.83. The maximum atomic E-state index is 11.9. The summed E-state index contributed by atoms with van der Waals surface area (Å²) in [6.45, 7) is 1.15. The van der Waals surface area contributed by atoms with Crippen molar-refractivity contribution in [2.24, 2.45) is 0 Å². The van der Waals surface area contributed by atoms with E-state index >= 15 is 0 Å². The highest BCUT2D eigenvalue weighted by atomic mass is 32.2. The number of pyridine rings is 1. The van der Waals surface area contributed by atoms with Crippen molar-refractivity contribution >= 4 is 34.5 Å². The van der Waals surface area contributed by atoms with Crippen LogP contribution in [-0.4, -0.2) is 49.5 Å². The first-order valence-corrected chi connectivity index (χ1v) is 7.24. The third kappa shape index (κ3) is 2.60. The molecule has 1 aliphatic heterocycles. The first-order valence-electron chi connectivity index (χ1n) is 6.25. The van der Waals surface area contributed by atoms with Gasteiger partial charge in [0.2, 0.25) is 11.9 Å². The zero-order chi connectivity index (χ0) is 13.9. The second kappa shape index (κ2) is 5.49. The lowest BCUT2D eigenvalue weighted by molar-refractivity contribution is -0.116. The summed E-state index contributed by atoms with van der Waals surface area (Å²) in [5.41, 5.74) is 0.675. The molecular formula is C12H13N5O2S. The highest BCUT2D eigenvalue weighted by molar-refractivity contribution is 8.13. The number of rotatable bonds is 4.